The summed E-state index contributed by atoms with van der Waals surface area (Å²) in [4.78, 5) is 0.392. The van der Waals surface area contributed by atoms with Crippen LogP contribution in [0, 0.1) is 18.8 Å². The first kappa shape index (κ1) is 14.1. The van der Waals surface area contributed by atoms with Gasteiger partial charge < -0.3 is 0 Å². The molecule has 20 heavy (non-hydrogen) atoms. The van der Waals surface area contributed by atoms with Gasteiger partial charge in [-0.2, -0.15) is 0 Å². The second kappa shape index (κ2) is 5.49. The standard InChI is InChI=1S/C16H23NO2S/c1-12-8-10-14(11-9-12)20(18,19)17-16-7-3-5-13-4-2-6-15(13)16/h8-11,13,15-17H,2-7H2,1H3. The van der Waals surface area contributed by atoms with Gasteiger partial charge in [-0.25, -0.2) is 13.1 Å². The van der Waals surface area contributed by atoms with Gasteiger partial charge in [0.2, 0.25) is 10.0 Å². The van der Waals surface area contributed by atoms with Crippen molar-refractivity contribution in [3.05, 3.63) is 29.8 Å². The summed E-state index contributed by atoms with van der Waals surface area (Å²) in [5.74, 6) is 1.30. The van der Waals surface area contributed by atoms with E-state index in [4.69, 9.17) is 0 Å². The average molecular weight is 293 g/mol. The number of hydrogen-bond donors (Lipinski definition) is 1. The quantitative estimate of drug-likeness (QED) is 0.930. The lowest BCUT2D eigenvalue weighted by atomic mass is 9.78. The fourth-order valence-electron chi connectivity index (χ4n) is 3.90. The Hall–Kier alpha value is -0.870. The molecule has 1 N–H and O–H groups in total. The molecule has 0 amide bonds. The second-order valence-electron chi connectivity index (χ2n) is 6.33. The van der Waals surface area contributed by atoms with Crippen LogP contribution in [0.15, 0.2) is 29.2 Å². The maximum atomic E-state index is 12.5. The van der Waals surface area contributed by atoms with Gasteiger partial charge >= 0.3 is 0 Å². The van der Waals surface area contributed by atoms with Gasteiger partial charge in [-0.05, 0) is 43.7 Å². The van der Waals surface area contributed by atoms with E-state index < -0.39 is 10.0 Å². The molecule has 1 aromatic rings. The van der Waals surface area contributed by atoms with Gasteiger partial charge in [0, 0.05) is 6.04 Å². The minimum atomic E-state index is -3.37. The molecule has 2 saturated carbocycles. The largest absolute Gasteiger partial charge is 0.240 e. The molecule has 0 radical (unpaired) electrons. The topological polar surface area (TPSA) is 46.2 Å². The van der Waals surface area contributed by atoms with E-state index in [9.17, 15) is 8.42 Å². The van der Waals surface area contributed by atoms with E-state index in [0.29, 0.717) is 10.8 Å². The Morgan fingerprint density at radius 2 is 1.65 bits per heavy atom. The fraction of sp³-hybridized carbons (Fsp3) is 0.625. The van der Waals surface area contributed by atoms with Gasteiger partial charge in [-0.15, -0.1) is 0 Å². The van der Waals surface area contributed by atoms with Crippen LogP contribution in [0.3, 0.4) is 0 Å². The second-order valence-corrected chi connectivity index (χ2v) is 8.04. The van der Waals surface area contributed by atoms with Crippen molar-refractivity contribution in [1.29, 1.82) is 0 Å². The molecule has 0 saturated heterocycles. The van der Waals surface area contributed by atoms with Crippen LogP contribution in [-0.4, -0.2) is 14.5 Å². The normalized spacial score (nSPS) is 30.1. The van der Waals surface area contributed by atoms with E-state index in [-0.39, 0.29) is 6.04 Å². The summed E-state index contributed by atoms with van der Waals surface area (Å²) in [5.41, 5.74) is 1.08. The Labute approximate surface area is 121 Å². The van der Waals surface area contributed by atoms with Crippen LogP contribution in [0.5, 0.6) is 0 Å². The number of aryl methyl sites for hydroxylation is 1. The Bertz CT molecular complexity index is 565. The van der Waals surface area contributed by atoms with Crippen LogP contribution in [0.2, 0.25) is 0 Å². The third kappa shape index (κ3) is 2.77. The number of rotatable bonds is 3. The first-order valence-electron chi connectivity index (χ1n) is 7.65. The van der Waals surface area contributed by atoms with Crippen LogP contribution in [0.25, 0.3) is 0 Å². The summed E-state index contributed by atoms with van der Waals surface area (Å²) in [6.07, 6.45) is 7.17. The van der Waals surface area contributed by atoms with Crippen molar-refractivity contribution in [2.75, 3.05) is 0 Å². The van der Waals surface area contributed by atoms with Gasteiger partial charge in [-0.1, -0.05) is 43.4 Å². The lowest BCUT2D eigenvalue weighted by Crippen LogP contribution is -2.43. The highest BCUT2D eigenvalue weighted by molar-refractivity contribution is 7.89. The molecule has 3 nitrogen and oxygen atoms in total. The van der Waals surface area contributed by atoms with E-state index >= 15 is 0 Å². The van der Waals surface area contributed by atoms with Gasteiger partial charge in [0.05, 0.1) is 4.90 Å². The number of hydrogen-bond acceptors (Lipinski definition) is 2. The molecule has 3 unspecified atom stereocenters. The van der Waals surface area contributed by atoms with E-state index in [1.165, 1.54) is 25.7 Å². The van der Waals surface area contributed by atoms with Crippen molar-refractivity contribution in [3.8, 4) is 0 Å². The molecule has 2 aliphatic carbocycles. The van der Waals surface area contributed by atoms with Gasteiger partial charge in [0.15, 0.2) is 0 Å². The molecule has 3 rings (SSSR count). The predicted molar refractivity (Wildman–Crippen MR) is 80.0 cm³/mol. The molecular weight excluding hydrogens is 270 g/mol. The molecule has 0 spiro atoms. The molecule has 110 valence electrons. The molecule has 3 atom stereocenters. The van der Waals surface area contributed by atoms with Crippen LogP contribution in [-0.2, 0) is 10.0 Å². The minimum absolute atomic E-state index is 0.141. The van der Waals surface area contributed by atoms with Crippen LogP contribution >= 0.6 is 0 Å². The zero-order valence-electron chi connectivity index (χ0n) is 12.0. The van der Waals surface area contributed by atoms with Crippen molar-refractivity contribution in [1.82, 2.24) is 4.72 Å². The van der Waals surface area contributed by atoms with Crippen molar-refractivity contribution in [2.45, 2.75) is 56.4 Å². The SMILES string of the molecule is Cc1ccc(S(=O)(=O)NC2CCCC3CCCC32)cc1. The monoisotopic (exact) mass is 293 g/mol. The van der Waals surface area contributed by atoms with E-state index in [1.807, 2.05) is 19.1 Å². The number of nitrogens with one attached hydrogen (secondary N) is 1. The van der Waals surface area contributed by atoms with E-state index in [2.05, 4.69) is 4.72 Å². The van der Waals surface area contributed by atoms with Gasteiger partial charge in [-0.3, -0.25) is 0 Å². The maximum Gasteiger partial charge on any atom is 0.240 e. The zero-order valence-corrected chi connectivity index (χ0v) is 12.8. The van der Waals surface area contributed by atoms with Crippen molar-refractivity contribution in [2.24, 2.45) is 11.8 Å². The highest BCUT2D eigenvalue weighted by Crippen LogP contribution is 2.42. The lowest BCUT2D eigenvalue weighted by Gasteiger charge is -2.34. The Kier molecular flexibility index (Phi) is 3.87. The number of fused-ring (bicyclic) bond motifs is 1. The highest BCUT2D eigenvalue weighted by Gasteiger charge is 2.38. The minimum Gasteiger partial charge on any atom is -0.208 e. The summed E-state index contributed by atoms with van der Waals surface area (Å²) >= 11 is 0. The van der Waals surface area contributed by atoms with Crippen LogP contribution in [0.4, 0.5) is 0 Å². The predicted octanol–water partition coefficient (Wildman–Crippen LogP) is 3.24. The van der Waals surface area contributed by atoms with Crippen molar-refractivity contribution in [3.63, 3.8) is 0 Å². The van der Waals surface area contributed by atoms with Crippen LogP contribution < -0.4 is 4.72 Å². The lowest BCUT2D eigenvalue weighted by molar-refractivity contribution is 0.226. The number of benzene rings is 1. The molecular formula is C16H23NO2S. The van der Waals surface area contributed by atoms with Gasteiger partial charge in [0.1, 0.15) is 0 Å². The summed E-state index contributed by atoms with van der Waals surface area (Å²) in [5, 5.41) is 0. The molecule has 0 bridgehead atoms. The van der Waals surface area contributed by atoms with Crippen molar-refractivity contribution >= 4 is 10.0 Å². The highest BCUT2D eigenvalue weighted by atomic mass is 32.2. The summed E-state index contributed by atoms with van der Waals surface area (Å²) < 4.78 is 28.0. The molecule has 0 heterocycles. The summed E-state index contributed by atoms with van der Waals surface area (Å²) in [6, 6.07) is 7.25. The third-order valence-electron chi connectivity index (χ3n) is 4.96. The maximum absolute atomic E-state index is 12.5. The van der Waals surface area contributed by atoms with Crippen molar-refractivity contribution < 1.29 is 8.42 Å². The van der Waals surface area contributed by atoms with Gasteiger partial charge in [0.25, 0.3) is 0 Å². The third-order valence-corrected chi connectivity index (χ3v) is 6.47. The smallest absolute Gasteiger partial charge is 0.208 e. The summed E-state index contributed by atoms with van der Waals surface area (Å²) in [6.45, 7) is 1.97. The average Bonchev–Trinajstić information content (AvgIpc) is 2.88. The Balaban J connectivity index is 1.77. The molecule has 2 fully saturated rings. The molecule has 2 aliphatic rings. The Morgan fingerprint density at radius 1 is 1.00 bits per heavy atom. The number of sulfonamides is 1. The van der Waals surface area contributed by atoms with E-state index in [0.717, 1.165) is 24.3 Å². The van der Waals surface area contributed by atoms with E-state index in [1.54, 1.807) is 12.1 Å². The molecule has 1 aromatic carbocycles. The first-order valence-corrected chi connectivity index (χ1v) is 9.13. The fourth-order valence-corrected chi connectivity index (χ4v) is 5.22. The summed E-state index contributed by atoms with van der Waals surface area (Å²) in [7, 11) is -3.37. The molecule has 4 heteroatoms. The Morgan fingerprint density at radius 3 is 2.35 bits per heavy atom. The molecule has 0 aliphatic heterocycles. The van der Waals surface area contributed by atoms with Crippen LogP contribution in [0.1, 0.15) is 44.1 Å². The first-order chi connectivity index (χ1) is 9.56. The molecule has 0 aromatic heterocycles. The zero-order chi connectivity index (χ0) is 14.2.